The molecule has 0 aromatic heterocycles. The van der Waals surface area contributed by atoms with E-state index in [1.54, 1.807) is 0 Å². The quantitative estimate of drug-likeness (QED) is 0.614. The number of hydrogen-bond donors (Lipinski definition) is 0. The van der Waals surface area contributed by atoms with Gasteiger partial charge in [0.2, 0.25) is 0 Å². The predicted molar refractivity (Wildman–Crippen MR) is 112 cm³/mol. The first-order valence-corrected chi connectivity index (χ1v) is 11.5. The van der Waals surface area contributed by atoms with E-state index in [4.69, 9.17) is 9.47 Å². The lowest BCUT2D eigenvalue weighted by Crippen LogP contribution is -2.57. The minimum Gasteiger partial charge on any atom is -0.462 e. The maximum absolute atomic E-state index is 13.6. The molecule has 0 N–H and O–H groups in total. The Morgan fingerprint density at radius 1 is 0.867 bits per heavy atom. The standard InChI is InChI=1S/C25H36O5/c1-14(26)29-20-10-12-24(5)17-9-11-25(6)16(7-8-21(25)30-15(2)27)22(17)18(28)13-19(24)23(20,3)4/h13,16-17,20-22H,7-12H2,1-6H3. The number of rotatable bonds is 2. The number of carbonyl (C=O) groups excluding carboxylic acids is 3. The van der Waals surface area contributed by atoms with Crippen molar-refractivity contribution in [1.82, 2.24) is 0 Å². The van der Waals surface area contributed by atoms with Gasteiger partial charge in [0, 0.05) is 30.6 Å². The zero-order valence-electron chi connectivity index (χ0n) is 19.2. The first-order chi connectivity index (χ1) is 13.9. The fraction of sp³-hybridized carbons (Fsp3) is 0.800. The van der Waals surface area contributed by atoms with E-state index in [0.29, 0.717) is 5.92 Å². The molecule has 0 saturated heterocycles. The van der Waals surface area contributed by atoms with E-state index in [0.717, 1.165) is 44.1 Å². The summed E-state index contributed by atoms with van der Waals surface area (Å²) in [6, 6.07) is 0. The van der Waals surface area contributed by atoms with E-state index in [9.17, 15) is 14.4 Å². The molecule has 0 aromatic carbocycles. The molecule has 5 heteroatoms. The van der Waals surface area contributed by atoms with Gasteiger partial charge in [-0.25, -0.2) is 0 Å². The highest BCUT2D eigenvalue weighted by Crippen LogP contribution is 2.66. The highest BCUT2D eigenvalue weighted by molar-refractivity contribution is 5.95. The van der Waals surface area contributed by atoms with Crippen molar-refractivity contribution < 1.29 is 23.9 Å². The molecule has 0 spiro atoms. The van der Waals surface area contributed by atoms with Crippen LogP contribution in [-0.4, -0.2) is 29.9 Å². The summed E-state index contributed by atoms with van der Waals surface area (Å²) in [4.78, 5) is 36.9. The summed E-state index contributed by atoms with van der Waals surface area (Å²) in [6.07, 6.45) is 7.16. The minimum atomic E-state index is -0.351. The van der Waals surface area contributed by atoms with Crippen molar-refractivity contribution >= 4 is 17.7 Å². The molecule has 0 bridgehead atoms. The largest absolute Gasteiger partial charge is 0.462 e. The number of ketones is 1. The molecular weight excluding hydrogens is 380 g/mol. The number of fused-ring (bicyclic) bond motifs is 5. The van der Waals surface area contributed by atoms with Gasteiger partial charge < -0.3 is 9.47 Å². The van der Waals surface area contributed by atoms with Crippen molar-refractivity contribution in [2.75, 3.05) is 0 Å². The summed E-state index contributed by atoms with van der Waals surface area (Å²) in [6.45, 7) is 11.7. The Bertz CT molecular complexity index is 810. The van der Waals surface area contributed by atoms with Crippen LogP contribution >= 0.6 is 0 Å². The van der Waals surface area contributed by atoms with Crippen LogP contribution in [0.3, 0.4) is 0 Å². The average molecular weight is 417 g/mol. The number of allylic oxidation sites excluding steroid dienone is 1. The Balaban J connectivity index is 1.70. The van der Waals surface area contributed by atoms with Crippen molar-refractivity contribution in [2.24, 2.45) is 34.0 Å². The molecular formula is C25H36O5. The second-order valence-corrected chi connectivity index (χ2v) is 11.2. The van der Waals surface area contributed by atoms with E-state index in [2.05, 4.69) is 27.7 Å². The van der Waals surface area contributed by atoms with Crippen LogP contribution in [0, 0.1) is 34.0 Å². The van der Waals surface area contributed by atoms with Crippen LogP contribution in [0.1, 0.15) is 80.1 Å². The third-order valence-electron chi connectivity index (χ3n) is 9.27. The van der Waals surface area contributed by atoms with E-state index < -0.39 is 0 Å². The molecule has 4 rings (SSSR count). The van der Waals surface area contributed by atoms with Crippen LogP contribution < -0.4 is 0 Å². The third-order valence-corrected chi connectivity index (χ3v) is 9.27. The first-order valence-electron chi connectivity index (χ1n) is 11.5. The van der Waals surface area contributed by atoms with Crippen molar-refractivity contribution in [1.29, 1.82) is 0 Å². The van der Waals surface area contributed by atoms with Gasteiger partial charge in [0.25, 0.3) is 0 Å². The summed E-state index contributed by atoms with van der Waals surface area (Å²) in [5.74, 6) is 0.308. The van der Waals surface area contributed by atoms with Crippen LogP contribution in [0.25, 0.3) is 0 Å². The molecule has 7 unspecified atom stereocenters. The van der Waals surface area contributed by atoms with Gasteiger partial charge in [0.15, 0.2) is 5.78 Å². The molecule has 0 aliphatic heterocycles. The number of esters is 2. The molecule has 4 aliphatic rings. The summed E-state index contributed by atoms with van der Waals surface area (Å²) >= 11 is 0. The van der Waals surface area contributed by atoms with E-state index in [1.807, 2.05) is 6.08 Å². The Morgan fingerprint density at radius 3 is 2.13 bits per heavy atom. The fourth-order valence-corrected chi connectivity index (χ4v) is 7.81. The number of hydrogen-bond acceptors (Lipinski definition) is 5. The smallest absolute Gasteiger partial charge is 0.302 e. The monoisotopic (exact) mass is 416 g/mol. The molecule has 30 heavy (non-hydrogen) atoms. The number of ether oxygens (including phenoxy) is 2. The summed E-state index contributed by atoms with van der Waals surface area (Å²) in [5, 5.41) is 0. The lowest BCUT2D eigenvalue weighted by molar-refractivity contribution is -0.161. The SMILES string of the molecule is CC(=O)OC1CCC2(C)C(=CC(=O)C3C2CCC2(C)C(OC(C)=O)CCC32)C1(C)C. The minimum absolute atomic E-state index is 0.000802. The van der Waals surface area contributed by atoms with E-state index in [-0.39, 0.29) is 58.0 Å². The van der Waals surface area contributed by atoms with E-state index in [1.165, 1.54) is 13.8 Å². The summed E-state index contributed by atoms with van der Waals surface area (Å²) < 4.78 is 11.4. The second-order valence-electron chi connectivity index (χ2n) is 11.2. The molecule has 5 nitrogen and oxygen atoms in total. The highest BCUT2D eigenvalue weighted by Gasteiger charge is 2.64. The molecule has 3 saturated carbocycles. The van der Waals surface area contributed by atoms with Crippen LogP contribution in [0.15, 0.2) is 11.6 Å². The third kappa shape index (κ3) is 2.98. The molecule has 4 aliphatic carbocycles. The first kappa shape index (κ1) is 21.6. The van der Waals surface area contributed by atoms with Crippen molar-refractivity contribution in [2.45, 2.75) is 92.3 Å². The van der Waals surface area contributed by atoms with Gasteiger partial charge in [-0.1, -0.05) is 33.3 Å². The lowest BCUT2D eigenvalue weighted by atomic mass is 9.44. The van der Waals surface area contributed by atoms with Crippen LogP contribution in [0.4, 0.5) is 0 Å². The van der Waals surface area contributed by atoms with Gasteiger partial charge in [-0.15, -0.1) is 0 Å². The van der Waals surface area contributed by atoms with Gasteiger partial charge in [-0.3, -0.25) is 14.4 Å². The van der Waals surface area contributed by atoms with E-state index >= 15 is 0 Å². The molecule has 0 heterocycles. The normalized spacial score (nSPS) is 44.3. The van der Waals surface area contributed by atoms with Gasteiger partial charge >= 0.3 is 11.9 Å². The van der Waals surface area contributed by atoms with Gasteiger partial charge in [-0.2, -0.15) is 0 Å². The average Bonchev–Trinajstić information content (AvgIpc) is 2.95. The van der Waals surface area contributed by atoms with Crippen LogP contribution in [0.2, 0.25) is 0 Å². The zero-order valence-corrected chi connectivity index (χ0v) is 19.2. The van der Waals surface area contributed by atoms with Crippen LogP contribution in [-0.2, 0) is 23.9 Å². The van der Waals surface area contributed by atoms with Gasteiger partial charge in [0.05, 0.1) is 0 Å². The van der Waals surface area contributed by atoms with Crippen LogP contribution in [0.5, 0.6) is 0 Å². The summed E-state index contributed by atoms with van der Waals surface area (Å²) in [5.41, 5.74) is 0.640. The zero-order chi connectivity index (χ0) is 22.1. The topological polar surface area (TPSA) is 69.7 Å². The molecule has 0 aromatic rings. The Labute approximate surface area is 179 Å². The predicted octanol–water partition coefficient (Wildman–Crippen LogP) is 4.63. The Hall–Kier alpha value is -1.65. The van der Waals surface area contributed by atoms with Crippen molar-refractivity contribution in [3.05, 3.63) is 11.6 Å². The Kier molecular flexibility index (Phi) is 4.98. The number of carbonyl (C=O) groups is 3. The van der Waals surface area contributed by atoms with Crippen molar-refractivity contribution in [3.8, 4) is 0 Å². The molecule has 7 atom stereocenters. The second kappa shape index (κ2) is 6.93. The maximum atomic E-state index is 13.6. The summed E-state index contributed by atoms with van der Waals surface area (Å²) in [7, 11) is 0. The lowest BCUT2D eigenvalue weighted by Gasteiger charge is -2.60. The Morgan fingerprint density at radius 2 is 1.50 bits per heavy atom. The molecule has 0 radical (unpaired) electrons. The van der Waals surface area contributed by atoms with Gasteiger partial charge in [-0.05, 0) is 61.9 Å². The highest BCUT2D eigenvalue weighted by atomic mass is 16.5. The van der Waals surface area contributed by atoms with Crippen molar-refractivity contribution in [3.63, 3.8) is 0 Å². The fourth-order valence-electron chi connectivity index (χ4n) is 7.81. The molecule has 166 valence electrons. The molecule has 3 fully saturated rings. The molecule has 0 amide bonds. The maximum Gasteiger partial charge on any atom is 0.302 e. The van der Waals surface area contributed by atoms with Gasteiger partial charge in [0.1, 0.15) is 12.2 Å².